The number of fused-ring (bicyclic) bond motifs is 2. The zero-order valence-electron chi connectivity index (χ0n) is 12.5. The van der Waals surface area contributed by atoms with Gasteiger partial charge in [-0.15, -0.1) is 12.4 Å². The summed E-state index contributed by atoms with van der Waals surface area (Å²) in [4.78, 5) is 14.7. The Bertz CT molecular complexity index is 282. The molecule has 1 amide bonds. The topological polar surface area (TPSA) is 32.3 Å². The molecule has 0 aromatic heterocycles. The first-order valence-electron chi connectivity index (χ1n) is 7.59. The Labute approximate surface area is 123 Å². The molecule has 3 atom stereocenters. The van der Waals surface area contributed by atoms with Gasteiger partial charge in [-0.05, 0) is 44.1 Å². The summed E-state index contributed by atoms with van der Waals surface area (Å²) in [6.45, 7) is 8.77. The van der Waals surface area contributed by atoms with E-state index in [1.165, 1.54) is 12.8 Å². The second kappa shape index (κ2) is 7.49. The third kappa shape index (κ3) is 4.35. The van der Waals surface area contributed by atoms with E-state index in [0.717, 1.165) is 32.4 Å². The number of rotatable bonds is 4. The fraction of sp³-hybridized carbons (Fsp3) is 0.933. The molecule has 2 heterocycles. The number of nitrogens with one attached hydrogen (secondary N) is 1. The first-order valence-corrected chi connectivity index (χ1v) is 7.59. The lowest BCUT2D eigenvalue weighted by Crippen LogP contribution is -2.43. The molecule has 2 bridgehead atoms. The van der Waals surface area contributed by atoms with Gasteiger partial charge < -0.3 is 10.2 Å². The van der Waals surface area contributed by atoms with Gasteiger partial charge in [0.15, 0.2) is 0 Å². The van der Waals surface area contributed by atoms with Gasteiger partial charge in [0.1, 0.15) is 0 Å². The summed E-state index contributed by atoms with van der Waals surface area (Å²) in [5.41, 5.74) is 0. The zero-order valence-corrected chi connectivity index (χ0v) is 13.3. The standard InChI is InChI=1S/C15H28N2O.ClH/c1-11(2)8-12(3)9-15(18)17-13-4-5-14(17)10-16-7-6-13;/h11-14,16H,4-10H2,1-3H3;1H. The lowest BCUT2D eigenvalue weighted by Gasteiger charge is -2.29. The first-order chi connectivity index (χ1) is 8.58. The quantitative estimate of drug-likeness (QED) is 0.863. The smallest absolute Gasteiger partial charge is 0.223 e. The van der Waals surface area contributed by atoms with E-state index < -0.39 is 0 Å². The van der Waals surface area contributed by atoms with Gasteiger partial charge in [0.25, 0.3) is 0 Å². The van der Waals surface area contributed by atoms with E-state index in [0.29, 0.717) is 29.8 Å². The Hall–Kier alpha value is -0.280. The molecular formula is C15H29ClN2O. The van der Waals surface area contributed by atoms with Crippen molar-refractivity contribution in [1.29, 1.82) is 0 Å². The van der Waals surface area contributed by atoms with Gasteiger partial charge in [0, 0.05) is 25.0 Å². The van der Waals surface area contributed by atoms with Crippen molar-refractivity contribution in [3.8, 4) is 0 Å². The van der Waals surface area contributed by atoms with Crippen LogP contribution in [0.4, 0.5) is 0 Å². The largest absolute Gasteiger partial charge is 0.335 e. The fourth-order valence-electron chi connectivity index (χ4n) is 3.68. The van der Waals surface area contributed by atoms with E-state index in [1.54, 1.807) is 0 Å². The molecule has 0 radical (unpaired) electrons. The molecule has 2 aliphatic heterocycles. The molecule has 0 spiro atoms. The summed E-state index contributed by atoms with van der Waals surface area (Å²) in [5, 5.41) is 3.46. The molecule has 2 rings (SSSR count). The van der Waals surface area contributed by atoms with Crippen molar-refractivity contribution in [3.63, 3.8) is 0 Å². The summed E-state index contributed by atoms with van der Waals surface area (Å²) in [7, 11) is 0. The minimum absolute atomic E-state index is 0. The van der Waals surface area contributed by atoms with Gasteiger partial charge in [0.05, 0.1) is 0 Å². The summed E-state index contributed by atoms with van der Waals surface area (Å²) in [6.07, 6.45) is 5.46. The van der Waals surface area contributed by atoms with Crippen LogP contribution in [0, 0.1) is 11.8 Å². The van der Waals surface area contributed by atoms with Crippen LogP contribution in [0.1, 0.15) is 52.9 Å². The molecule has 3 unspecified atom stereocenters. The molecule has 2 saturated heterocycles. The highest BCUT2D eigenvalue weighted by Gasteiger charge is 2.37. The Morgan fingerprint density at radius 3 is 2.58 bits per heavy atom. The van der Waals surface area contributed by atoms with Crippen LogP contribution in [0.25, 0.3) is 0 Å². The average Bonchev–Trinajstić information content (AvgIpc) is 2.50. The maximum atomic E-state index is 12.5. The molecular weight excluding hydrogens is 260 g/mol. The third-order valence-corrected chi connectivity index (χ3v) is 4.34. The SMILES string of the molecule is CC(C)CC(C)CC(=O)N1C2CCNCC1CC2.Cl. The predicted octanol–water partition coefficient (Wildman–Crippen LogP) is 2.83. The molecule has 19 heavy (non-hydrogen) atoms. The number of hydrogen-bond acceptors (Lipinski definition) is 2. The maximum Gasteiger partial charge on any atom is 0.223 e. The molecule has 0 aromatic rings. The molecule has 0 aliphatic carbocycles. The normalized spacial score (nSPS) is 27.9. The maximum absolute atomic E-state index is 12.5. The van der Waals surface area contributed by atoms with Crippen LogP contribution in [0.15, 0.2) is 0 Å². The number of carbonyl (C=O) groups excluding carboxylic acids is 1. The van der Waals surface area contributed by atoms with Crippen LogP contribution in [0.3, 0.4) is 0 Å². The highest BCUT2D eigenvalue weighted by Crippen LogP contribution is 2.29. The minimum Gasteiger partial charge on any atom is -0.335 e. The number of nitrogens with zero attached hydrogens (tertiary/aromatic N) is 1. The lowest BCUT2D eigenvalue weighted by atomic mass is 9.95. The molecule has 112 valence electrons. The van der Waals surface area contributed by atoms with Crippen LogP contribution < -0.4 is 5.32 Å². The number of halogens is 1. The van der Waals surface area contributed by atoms with Crippen molar-refractivity contribution in [3.05, 3.63) is 0 Å². The molecule has 1 N–H and O–H groups in total. The van der Waals surface area contributed by atoms with Gasteiger partial charge in [0.2, 0.25) is 5.91 Å². The summed E-state index contributed by atoms with van der Waals surface area (Å²) >= 11 is 0. The first kappa shape index (κ1) is 16.8. The van der Waals surface area contributed by atoms with E-state index >= 15 is 0 Å². The van der Waals surface area contributed by atoms with Crippen LogP contribution in [0.2, 0.25) is 0 Å². The van der Waals surface area contributed by atoms with Gasteiger partial charge in [-0.3, -0.25) is 4.79 Å². The Morgan fingerprint density at radius 2 is 1.89 bits per heavy atom. The Balaban J connectivity index is 0.00000180. The number of hydrogen-bond donors (Lipinski definition) is 1. The second-order valence-corrected chi connectivity index (χ2v) is 6.62. The number of carbonyl (C=O) groups is 1. The summed E-state index contributed by atoms with van der Waals surface area (Å²) in [6, 6.07) is 0.986. The third-order valence-electron chi connectivity index (χ3n) is 4.34. The Kier molecular flexibility index (Phi) is 6.61. The minimum atomic E-state index is 0. The second-order valence-electron chi connectivity index (χ2n) is 6.62. The summed E-state index contributed by atoms with van der Waals surface area (Å²) < 4.78 is 0. The molecule has 2 fully saturated rings. The van der Waals surface area contributed by atoms with E-state index in [2.05, 4.69) is 31.0 Å². The van der Waals surface area contributed by atoms with E-state index in [4.69, 9.17) is 0 Å². The van der Waals surface area contributed by atoms with Crippen molar-refractivity contribution in [2.24, 2.45) is 11.8 Å². The van der Waals surface area contributed by atoms with Crippen molar-refractivity contribution >= 4 is 18.3 Å². The molecule has 0 saturated carbocycles. The lowest BCUT2D eigenvalue weighted by molar-refractivity contribution is -0.134. The van der Waals surface area contributed by atoms with Gasteiger partial charge in [-0.1, -0.05) is 20.8 Å². The van der Waals surface area contributed by atoms with Crippen LogP contribution >= 0.6 is 12.4 Å². The monoisotopic (exact) mass is 288 g/mol. The molecule has 4 heteroatoms. The number of amides is 1. The highest BCUT2D eigenvalue weighted by atomic mass is 35.5. The van der Waals surface area contributed by atoms with Crippen molar-refractivity contribution < 1.29 is 4.79 Å². The van der Waals surface area contributed by atoms with Crippen LogP contribution in [0.5, 0.6) is 0 Å². The van der Waals surface area contributed by atoms with E-state index in [9.17, 15) is 4.79 Å². The molecule has 0 aromatic carbocycles. The average molecular weight is 289 g/mol. The predicted molar refractivity (Wildman–Crippen MR) is 81.6 cm³/mol. The summed E-state index contributed by atoms with van der Waals surface area (Å²) in [5.74, 6) is 1.61. The van der Waals surface area contributed by atoms with Gasteiger partial charge >= 0.3 is 0 Å². The fourth-order valence-corrected chi connectivity index (χ4v) is 3.68. The van der Waals surface area contributed by atoms with E-state index in [-0.39, 0.29) is 12.4 Å². The van der Waals surface area contributed by atoms with Crippen LogP contribution in [-0.4, -0.2) is 36.0 Å². The van der Waals surface area contributed by atoms with Crippen molar-refractivity contribution in [2.75, 3.05) is 13.1 Å². The zero-order chi connectivity index (χ0) is 13.1. The van der Waals surface area contributed by atoms with Gasteiger partial charge in [-0.25, -0.2) is 0 Å². The van der Waals surface area contributed by atoms with Crippen LogP contribution in [-0.2, 0) is 4.79 Å². The van der Waals surface area contributed by atoms with Crippen molar-refractivity contribution in [1.82, 2.24) is 10.2 Å². The molecule has 2 aliphatic rings. The van der Waals surface area contributed by atoms with Gasteiger partial charge in [-0.2, -0.15) is 0 Å². The highest BCUT2D eigenvalue weighted by molar-refractivity contribution is 5.85. The Morgan fingerprint density at radius 1 is 1.21 bits per heavy atom. The van der Waals surface area contributed by atoms with Crippen molar-refractivity contribution in [2.45, 2.75) is 65.0 Å². The molecule has 3 nitrogen and oxygen atoms in total. The van der Waals surface area contributed by atoms with E-state index in [1.807, 2.05) is 0 Å².